The third kappa shape index (κ3) is 2.89. The van der Waals surface area contributed by atoms with Crippen molar-refractivity contribution < 1.29 is 28.2 Å². The fourth-order valence-electron chi connectivity index (χ4n) is 1.15. The Balaban J connectivity index is 3.40. The van der Waals surface area contributed by atoms with Gasteiger partial charge in [0, 0.05) is 5.56 Å². The van der Waals surface area contributed by atoms with Gasteiger partial charge in [-0.25, -0.2) is 0 Å². The van der Waals surface area contributed by atoms with E-state index in [9.17, 15) is 23.1 Å². The number of phenolic OH excluding ortho intramolecular Hbond substituents is 1. The van der Waals surface area contributed by atoms with Gasteiger partial charge in [0.2, 0.25) is 0 Å². The standard InChI is InChI=1S/C9H7BrF3NO3/c10-5-2-3(9(11,12)13)1-4(7(5)15)6(14)8(16)17/h1-2,6,15H,14H2,(H,16,17). The van der Waals surface area contributed by atoms with Gasteiger partial charge >= 0.3 is 12.1 Å². The molecule has 0 amide bonds. The van der Waals surface area contributed by atoms with Crippen molar-refractivity contribution >= 4 is 21.9 Å². The number of aromatic hydroxyl groups is 1. The number of nitrogens with two attached hydrogens (primary N) is 1. The van der Waals surface area contributed by atoms with Gasteiger partial charge in [-0.05, 0) is 28.1 Å². The highest BCUT2D eigenvalue weighted by atomic mass is 79.9. The number of benzene rings is 1. The highest BCUT2D eigenvalue weighted by Gasteiger charge is 2.33. The summed E-state index contributed by atoms with van der Waals surface area (Å²) >= 11 is 2.71. The zero-order chi connectivity index (χ0) is 13.4. The number of carboxylic acids is 1. The van der Waals surface area contributed by atoms with Gasteiger partial charge in [0.05, 0.1) is 10.0 Å². The zero-order valence-corrected chi connectivity index (χ0v) is 9.71. The van der Waals surface area contributed by atoms with Gasteiger partial charge in [0.1, 0.15) is 11.8 Å². The average molecular weight is 314 g/mol. The molecule has 8 heteroatoms. The van der Waals surface area contributed by atoms with Gasteiger partial charge in [-0.2, -0.15) is 13.2 Å². The van der Waals surface area contributed by atoms with Gasteiger partial charge in [-0.1, -0.05) is 0 Å². The summed E-state index contributed by atoms with van der Waals surface area (Å²) in [5.41, 5.74) is 3.58. The van der Waals surface area contributed by atoms with E-state index in [-0.39, 0.29) is 4.47 Å². The van der Waals surface area contributed by atoms with E-state index in [4.69, 9.17) is 10.8 Å². The van der Waals surface area contributed by atoms with Crippen molar-refractivity contribution in [2.75, 3.05) is 0 Å². The lowest BCUT2D eigenvalue weighted by Crippen LogP contribution is -2.21. The Labute approximate surface area is 102 Å². The zero-order valence-electron chi connectivity index (χ0n) is 8.12. The molecule has 94 valence electrons. The molecule has 0 aliphatic rings. The number of alkyl halides is 3. The molecule has 0 aliphatic carbocycles. The second-order valence-electron chi connectivity index (χ2n) is 3.21. The molecule has 1 rings (SSSR count). The Hall–Kier alpha value is -1.28. The Bertz CT molecular complexity index is 462. The lowest BCUT2D eigenvalue weighted by molar-refractivity contribution is -0.140. The van der Waals surface area contributed by atoms with Crippen molar-refractivity contribution in [2.45, 2.75) is 12.2 Å². The van der Waals surface area contributed by atoms with Crippen molar-refractivity contribution in [3.05, 3.63) is 27.7 Å². The number of hydrogen-bond acceptors (Lipinski definition) is 3. The maximum Gasteiger partial charge on any atom is 0.416 e. The van der Waals surface area contributed by atoms with Crippen LogP contribution in [0.4, 0.5) is 13.2 Å². The maximum atomic E-state index is 12.5. The Morgan fingerprint density at radius 3 is 2.35 bits per heavy atom. The normalized spacial score (nSPS) is 13.5. The van der Waals surface area contributed by atoms with Crippen LogP contribution in [0.1, 0.15) is 17.2 Å². The second-order valence-corrected chi connectivity index (χ2v) is 4.06. The Kier molecular flexibility index (Phi) is 3.68. The second kappa shape index (κ2) is 4.53. The highest BCUT2D eigenvalue weighted by molar-refractivity contribution is 9.10. The molecule has 1 aromatic rings. The molecule has 0 bridgehead atoms. The van der Waals surface area contributed by atoms with E-state index >= 15 is 0 Å². The monoisotopic (exact) mass is 313 g/mol. The molecule has 0 heterocycles. The number of phenols is 1. The van der Waals surface area contributed by atoms with Crippen molar-refractivity contribution in [3.63, 3.8) is 0 Å². The SMILES string of the molecule is NC(C(=O)O)c1cc(C(F)(F)F)cc(Br)c1O. The van der Waals surface area contributed by atoms with Crippen molar-refractivity contribution in [1.29, 1.82) is 0 Å². The van der Waals surface area contributed by atoms with E-state index in [0.29, 0.717) is 12.1 Å². The lowest BCUT2D eigenvalue weighted by Gasteiger charge is -2.14. The summed E-state index contributed by atoms with van der Waals surface area (Å²) < 4.78 is 37.1. The van der Waals surface area contributed by atoms with E-state index in [1.807, 2.05) is 0 Å². The molecule has 0 saturated carbocycles. The summed E-state index contributed by atoms with van der Waals surface area (Å²) in [5, 5.41) is 18.1. The summed E-state index contributed by atoms with van der Waals surface area (Å²) in [7, 11) is 0. The molecule has 1 aromatic carbocycles. The number of aliphatic carboxylic acids is 1. The fourth-order valence-corrected chi connectivity index (χ4v) is 1.63. The van der Waals surface area contributed by atoms with Crippen LogP contribution in [-0.4, -0.2) is 16.2 Å². The molecule has 0 aliphatic heterocycles. The van der Waals surface area contributed by atoms with Crippen molar-refractivity contribution in [3.8, 4) is 5.75 Å². The molecule has 1 atom stereocenters. The van der Waals surface area contributed by atoms with Gasteiger partial charge < -0.3 is 15.9 Å². The molecule has 1 unspecified atom stereocenters. The summed E-state index contributed by atoms with van der Waals surface area (Å²) in [6.45, 7) is 0. The first kappa shape index (κ1) is 13.8. The molecule has 4 nitrogen and oxygen atoms in total. The smallest absolute Gasteiger partial charge is 0.416 e. The van der Waals surface area contributed by atoms with Crippen LogP contribution in [0.25, 0.3) is 0 Å². The van der Waals surface area contributed by atoms with E-state index in [0.717, 1.165) is 0 Å². The summed E-state index contributed by atoms with van der Waals surface area (Å²) in [5.74, 6) is -2.15. The predicted octanol–water partition coefficient (Wildman–Crippen LogP) is 2.26. The predicted molar refractivity (Wildman–Crippen MR) is 55.4 cm³/mol. The number of carboxylic acid groups (broad SMARTS) is 1. The molecular weight excluding hydrogens is 307 g/mol. The van der Waals surface area contributed by atoms with E-state index in [1.165, 1.54) is 0 Å². The molecule has 0 radical (unpaired) electrons. The van der Waals surface area contributed by atoms with E-state index < -0.39 is 35.1 Å². The minimum Gasteiger partial charge on any atom is -0.506 e. The van der Waals surface area contributed by atoms with Crippen LogP contribution in [0, 0.1) is 0 Å². The number of carbonyl (C=O) groups is 1. The topological polar surface area (TPSA) is 83.6 Å². The molecule has 0 saturated heterocycles. The molecule has 0 fully saturated rings. The molecule has 4 N–H and O–H groups in total. The molecule has 0 aromatic heterocycles. The van der Waals surface area contributed by atoms with Crippen molar-refractivity contribution in [2.24, 2.45) is 5.73 Å². The third-order valence-corrected chi connectivity index (χ3v) is 2.63. The fraction of sp³-hybridized carbons (Fsp3) is 0.222. The number of rotatable bonds is 2. The maximum absolute atomic E-state index is 12.5. The number of halogens is 4. The lowest BCUT2D eigenvalue weighted by atomic mass is 10.0. The molecule has 0 spiro atoms. The average Bonchev–Trinajstić information content (AvgIpc) is 2.19. The van der Waals surface area contributed by atoms with Gasteiger partial charge in [0.15, 0.2) is 0 Å². The van der Waals surface area contributed by atoms with E-state index in [2.05, 4.69) is 15.9 Å². The van der Waals surface area contributed by atoms with Crippen molar-refractivity contribution in [1.82, 2.24) is 0 Å². The van der Waals surface area contributed by atoms with Crippen LogP contribution < -0.4 is 5.73 Å². The highest BCUT2D eigenvalue weighted by Crippen LogP contribution is 2.38. The first-order chi connectivity index (χ1) is 7.64. The van der Waals surface area contributed by atoms with Crippen LogP contribution >= 0.6 is 15.9 Å². The van der Waals surface area contributed by atoms with E-state index in [1.54, 1.807) is 0 Å². The van der Waals surface area contributed by atoms with Crippen LogP contribution in [0.5, 0.6) is 5.75 Å². The van der Waals surface area contributed by atoms with Gasteiger partial charge in [0.25, 0.3) is 0 Å². The molecule has 17 heavy (non-hydrogen) atoms. The van der Waals surface area contributed by atoms with Crippen LogP contribution in [0.2, 0.25) is 0 Å². The number of hydrogen-bond donors (Lipinski definition) is 3. The minimum atomic E-state index is -4.65. The summed E-state index contributed by atoms with van der Waals surface area (Å²) in [6.07, 6.45) is -4.65. The quantitative estimate of drug-likeness (QED) is 0.782. The first-order valence-corrected chi connectivity index (χ1v) is 5.02. The third-order valence-electron chi connectivity index (χ3n) is 2.02. The summed E-state index contributed by atoms with van der Waals surface area (Å²) in [6, 6.07) is -0.569. The van der Waals surface area contributed by atoms with Gasteiger partial charge in [-0.15, -0.1) is 0 Å². The minimum absolute atomic E-state index is 0.265. The van der Waals surface area contributed by atoms with Gasteiger partial charge in [-0.3, -0.25) is 4.79 Å². The largest absolute Gasteiger partial charge is 0.506 e. The van der Waals surface area contributed by atoms with Crippen LogP contribution in [-0.2, 0) is 11.0 Å². The van der Waals surface area contributed by atoms with Crippen LogP contribution in [0.3, 0.4) is 0 Å². The Morgan fingerprint density at radius 1 is 1.41 bits per heavy atom. The molecular formula is C9H7BrF3NO3. The first-order valence-electron chi connectivity index (χ1n) is 4.22. The summed E-state index contributed by atoms with van der Waals surface area (Å²) in [4.78, 5) is 10.6. The van der Waals surface area contributed by atoms with Crippen LogP contribution in [0.15, 0.2) is 16.6 Å². The Morgan fingerprint density at radius 2 is 1.94 bits per heavy atom.